The van der Waals surface area contributed by atoms with Crippen molar-refractivity contribution in [3.05, 3.63) is 77.3 Å². The van der Waals surface area contributed by atoms with Crippen LogP contribution in [-0.2, 0) is 29.0 Å². The number of fused-ring (bicyclic) bond motifs is 1. The van der Waals surface area contributed by atoms with Crippen molar-refractivity contribution in [2.24, 2.45) is 0 Å². The zero-order chi connectivity index (χ0) is 19.5. The van der Waals surface area contributed by atoms with Crippen LogP contribution in [0.4, 0.5) is 4.39 Å². The minimum atomic E-state index is -0.493. The van der Waals surface area contributed by atoms with Gasteiger partial charge in [0.25, 0.3) is 5.91 Å². The SMILES string of the molecule is O=C(CCc1ccccc1)C(=O)N1CCc2onc(-c3cccc(F)c3)c2C1. The Morgan fingerprint density at radius 1 is 1.11 bits per heavy atom. The molecule has 6 heteroatoms. The summed E-state index contributed by atoms with van der Waals surface area (Å²) in [5, 5.41) is 4.06. The molecule has 0 saturated carbocycles. The fraction of sp³-hybridized carbons (Fsp3) is 0.227. The highest BCUT2D eigenvalue weighted by atomic mass is 19.1. The Bertz CT molecular complexity index is 1010. The Hall–Kier alpha value is -3.28. The average Bonchev–Trinajstić information content (AvgIpc) is 3.15. The van der Waals surface area contributed by atoms with Crippen LogP contribution < -0.4 is 0 Å². The normalized spacial score (nSPS) is 13.2. The summed E-state index contributed by atoms with van der Waals surface area (Å²) in [5.74, 6) is -0.585. The first-order valence-corrected chi connectivity index (χ1v) is 9.21. The van der Waals surface area contributed by atoms with Crippen LogP contribution in [0.1, 0.15) is 23.3 Å². The molecular weight excluding hydrogens is 359 g/mol. The summed E-state index contributed by atoms with van der Waals surface area (Å²) in [6, 6.07) is 15.7. The highest BCUT2D eigenvalue weighted by Gasteiger charge is 2.30. The molecule has 0 fully saturated rings. The predicted molar refractivity (Wildman–Crippen MR) is 101 cm³/mol. The second-order valence-electron chi connectivity index (χ2n) is 6.83. The Morgan fingerprint density at radius 3 is 2.71 bits per heavy atom. The third kappa shape index (κ3) is 3.71. The fourth-order valence-electron chi connectivity index (χ4n) is 3.43. The summed E-state index contributed by atoms with van der Waals surface area (Å²) < 4.78 is 18.9. The smallest absolute Gasteiger partial charge is 0.290 e. The van der Waals surface area contributed by atoms with Gasteiger partial charge in [-0.15, -0.1) is 0 Å². The molecule has 0 bridgehead atoms. The van der Waals surface area contributed by atoms with Crippen molar-refractivity contribution in [1.82, 2.24) is 10.1 Å². The van der Waals surface area contributed by atoms with Crippen LogP contribution in [0.5, 0.6) is 0 Å². The summed E-state index contributed by atoms with van der Waals surface area (Å²) in [6.07, 6.45) is 1.19. The molecule has 1 amide bonds. The minimum absolute atomic E-state index is 0.173. The molecule has 1 aliphatic rings. The molecule has 142 valence electrons. The summed E-state index contributed by atoms with van der Waals surface area (Å²) in [7, 11) is 0. The van der Waals surface area contributed by atoms with Gasteiger partial charge in [0.1, 0.15) is 17.3 Å². The Morgan fingerprint density at radius 2 is 1.93 bits per heavy atom. The summed E-state index contributed by atoms with van der Waals surface area (Å²) >= 11 is 0. The van der Waals surface area contributed by atoms with Gasteiger partial charge in [-0.25, -0.2) is 4.39 Å². The minimum Gasteiger partial charge on any atom is -0.360 e. The van der Waals surface area contributed by atoms with E-state index in [1.807, 2.05) is 30.3 Å². The quantitative estimate of drug-likeness (QED) is 0.637. The van der Waals surface area contributed by atoms with Crippen LogP contribution in [0.2, 0.25) is 0 Å². The highest BCUT2D eigenvalue weighted by Crippen LogP contribution is 2.30. The molecule has 0 atom stereocenters. The van der Waals surface area contributed by atoms with Crippen molar-refractivity contribution in [2.75, 3.05) is 6.54 Å². The highest BCUT2D eigenvalue weighted by molar-refractivity contribution is 6.36. The maximum atomic E-state index is 13.6. The van der Waals surface area contributed by atoms with Gasteiger partial charge in [0.15, 0.2) is 0 Å². The molecular formula is C22H19FN2O3. The Kier molecular flexibility index (Phi) is 5.02. The zero-order valence-electron chi connectivity index (χ0n) is 15.2. The molecule has 28 heavy (non-hydrogen) atoms. The average molecular weight is 378 g/mol. The van der Waals surface area contributed by atoms with Crippen LogP contribution >= 0.6 is 0 Å². The van der Waals surface area contributed by atoms with Gasteiger partial charge < -0.3 is 9.42 Å². The fourth-order valence-corrected chi connectivity index (χ4v) is 3.43. The van der Waals surface area contributed by atoms with Crippen LogP contribution in [0.25, 0.3) is 11.3 Å². The van der Waals surface area contributed by atoms with E-state index in [1.54, 1.807) is 12.1 Å². The number of aryl methyl sites for hydroxylation is 1. The van der Waals surface area contributed by atoms with Gasteiger partial charge in [0.05, 0.1) is 6.54 Å². The lowest BCUT2D eigenvalue weighted by Gasteiger charge is -2.25. The van der Waals surface area contributed by atoms with Crippen molar-refractivity contribution in [3.63, 3.8) is 0 Å². The summed E-state index contributed by atoms with van der Waals surface area (Å²) in [4.78, 5) is 26.5. The van der Waals surface area contributed by atoms with Crippen molar-refractivity contribution < 1.29 is 18.5 Å². The molecule has 0 aliphatic carbocycles. The van der Waals surface area contributed by atoms with E-state index in [4.69, 9.17) is 4.52 Å². The van der Waals surface area contributed by atoms with Crippen molar-refractivity contribution in [2.45, 2.75) is 25.8 Å². The van der Waals surface area contributed by atoms with E-state index in [2.05, 4.69) is 5.16 Å². The first-order chi connectivity index (χ1) is 13.6. The number of benzene rings is 2. The number of rotatable bonds is 5. The first kappa shape index (κ1) is 18.1. The zero-order valence-corrected chi connectivity index (χ0v) is 15.2. The van der Waals surface area contributed by atoms with Crippen molar-refractivity contribution >= 4 is 11.7 Å². The molecule has 5 nitrogen and oxygen atoms in total. The molecule has 3 aromatic rings. The van der Waals surface area contributed by atoms with Crippen LogP contribution in [-0.4, -0.2) is 28.3 Å². The Balaban J connectivity index is 1.46. The van der Waals surface area contributed by atoms with Gasteiger partial charge in [-0.2, -0.15) is 0 Å². The molecule has 0 saturated heterocycles. The van der Waals surface area contributed by atoms with E-state index >= 15 is 0 Å². The van der Waals surface area contributed by atoms with Crippen molar-refractivity contribution in [1.29, 1.82) is 0 Å². The largest absolute Gasteiger partial charge is 0.360 e. The Labute approximate surface area is 161 Å². The van der Waals surface area contributed by atoms with Crippen LogP contribution in [0.15, 0.2) is 59.1 Å². The van der Waals surface area contributed by atoms with E-state index in [1.165, 1.54) is 17.0 Å². The molecule has 2 heterocycles. The topological polar surface area (TPSA) is 63.4 Å². The number of aromatic nitrogens is 1. The van der Waals surface area contributed by atoms with Gasteiger partial charge in [0.2, 0.25) is 5.78 Å². The third-order valence-corrected chi connectivity index (χ3v) is 4.93. The lowest BCUT2D eigenvalue weighted by molar-refractivity contribution is -0.145. The van der Waals surface area contributed by atoms with Crippen molar-refractivity contribution in [3.8, 4) is 11.3 Å². The monoisotopic (exact) mass is 378 g/mol. The molecule has 1 aliphatic heterocycles. The number of Topliss-reactive ketones (excluding diaryl/α,β-unsaturated/α-hetero) is 1. The van der Waals surface area contributed by atoms with E-state index in [0.29, 0.717) is 36.4 Å². The lowest BCUT2D eigenvalue weighted by Crippen LogP contribution is -2.40. The summed E-state index contributed by atoms with van der Waals surface area (Å²) in [5.41, 5.74) is 2.87. The second-order valence-corrected chi connectivity index (χ2v) is 6.83. The standard InChI is InChI=1S/C22H19FN2O3/c23-17-8-4-7-16(13-17)21-18-14-25(12-11-20(18)28-24-21)22(27)19(26)10-9-15-5-2-1-3-6-15/h1-8,13H,9-12,14H2. The van der Waals surface area contributed by atoms with Gasteiger partial charge >= 0.3 is 0 Å². The number of halogens is 1. The van der Waals surface area contributed by atoms with E-state index in [-0.39, 0.29) is 18.8 Å². The molecule has 0 spiro atoms. The predicted octanol–water partition coefficient (Wildman–Crippen LogP) is 3.57. The molecule has 0 N–H and O–H groups in total. The van der Waals surface area contributed by atoms with Gasteiger partial charge in [-0.3, -0.25) is 9.59 Å². The second kappa shape index (κ2) is 7.76. The third-order valence-electron chi connectivity index (χ3n) is 4.93. The number of hydrogen-bond donors (Lipinski definition) is 0. The maximum Gasteiger partial charge on any atom is 0.290 e. The summed E-state index contributed by atoms with van der Waals surface area (Å²) in [6.45, 7) is 0.640. The molecule has 4 rings (SSSR count). The number of carbonyl (C=O) groups excluding carboxylic acids is 2. The molecule has 2 aromatic carbocycles. The molecule has 1 aromatic heterocycles. The van der Waals surface area contributed by atoms with Crippen LogP contribution in [0, 0.1) is 5.82 Å². The van der Waals surface area contributed by atoms with E-state index in [0.717, 1.165) is 11.1 Å². The number of amides is 1. The van der Waals surface area contributed by atoms with Gasteiger partial charge in [-0.1, -0.05) is 47.6 Å². The molecule has 0 radical (unpaired) electrons. The molecule has 0 unspecified atom stereocenters. The number of carbonyl (C=O) groups is 2. The maximum absolute atomic E-state index is 13.6. The number of ketones is 1. The number of hydrogen-bond acceptors (Lipinski definition) is 4. The van der Waals surface area contributed by atoms with E-state index < -0.39 is 11.7 Å². The van der Waals surface area contributed by atoms with Crippen LogP contribution in [0.3, 0.4) is 0 Å². The van der Waals surface area contributed by atoms with E-state index in [9.17, 15) is 14.0 Å². The number of nitrogens with zero attached hydrogens (tertiary/aromatic N) is 2. The first-order valence-electron chi connectivity index (χ1n) is 9.21. The lowest BCUT2D eigenvalue weighted by atomic mass is 10.0. The van der Waals surface area contributed by atoms with Gasteiger partial charge in [-0.05, 0) is 24.1 Å². The van der Waals surface area contributed by atoms with Gasteiger partial charge in [0, 0.05) is 30.5 Å².